The first-order valence-corrected chi connectivity index (χ1v) is 9.42. The lowest BCUT2D eigenvalue weighted by Crippen LogP contribution is -2.54. The van der Waals surface area contributed by atoms with Crippen molar-refractivity contribution in [3.63, 3.8) is 0 Å². The molecule has 0 unspecified atom stereocenters. The van der Waals surface area contributed by atoms with Gasteiger partial charge in [-0.25, -0.2) is 4.98 Å². The van der Waals surface area contributed by atoms with Gasteiger partial charge in [0.2, 0.25) is 0 Å². The predicted octanol–water partition coefficient (Wildman–Crippen LogP) is -0.162. The van der Waals surface area contributed by atoms with Gasteiger partial charge in [0.1, 0.15) is 0 Å². The van der Waals surface area contributed by atoms with Crippen molar-refractivity contribution in [3.05, 3.63) is 16.6 Å². The van der Waals surface area contributed by atoms with Crippen LogP contribution in [0.2, 0.25) is 0 Å². The summed E-state index contributed by atoms with van der Waals surface area (Å²) in [6.07, 6.45) is 0. The Hall–Kier alpha value is -0.580. The second-order valence-electron chi connectivity index (χ2n) is 5.17. The van der Waals surface area contributed by atoms with E-state index in [-0.39, 0.29) is 0 Å². The minimum atomic E-state index is -3.32. The summed E-state index contributed by atoms with van der Waals surface area (Å²) in [5.74, 6) is 0. The summed E-state index contributed by atoms with van der Waals surface area (Å²) in [6, 6.07) is 0. The van der Waals surface area contributed by atoms with Crippen LogP contribution in [0.3, 0.4) is 0 Å². The number of nitrogens with zero attached hydrogens (tertiary/aromatic N) is 4. The molecule has 9 heteroatoms. The van der Waals surface area contributed by atoms with Crippen LogP contribution in [0.25, 0.3) is 0 Å². The number of hydrogen-bond donors (Lipinski definition) is 0. The zero-order chi connectivity index (χ0) is 14.7. The fourth-order valence-electron chi connectivity index (χ4n) is 2.60. The molecule has 0 aromatic carbocycles. The molecule has 0 atom stereocenters. The third-order valence-corrected chi connectivity index (χ3v) is 6.49. The fraction of sp³-hybridized carbons (Fsp3) is 0.750. The molecule has 2 saturated heterocycles. The van der Waals surface area contributed by atoms with Gasteiger partial charge >= 0.3 is 0 Å². The molecule has 21 heavy (non-hydrogen) atoms. The second kappa shape index (κ2) is 6.67. The van der Waals surface area contributed by atoms with Crippen molar-refractivity contribution in [2.75, 3.05) is 52.5 Å². The first kappa shape index (κ1) is 15.3. The maximum Gasteiger partial charge on any atom is 0.282 e. The number of piperazine rings is 1. The summed E-state index contributed by atoms with van der Waals surface area (Å²) in [7, 11) is -3.32. The minimum absolute atomic E-state index is 0.460. The van der Waals surface area contributed by atoms with Crippen molar-refractivity contribution >= 4 is 21.5 Å². The lowest BCUT2D eigenvalue weighted by Gasteiger charge is -2.37. The van der Waals surface area contributed by atoms with Crippen LogP contribution in [0, 0.1) is 0 Å². The summed E-state index contributed by atoms with van der Waals surface area (Å²) in [5, 5.41) is 2.04. The Bertz CT molecular complexity index is 535. The highest BCUT2D eigenvalue weighted by molar-refractivity contribution is 7.86. The molecule has 2 aliphatic heterocycles. The fourth-order valence-corrected chi connectivity index (χ4v) is 4.72. The molecule has 118 valence electrons. The molecular weight excluding hydrogens is 312 g/mol. The second-order valence-corrected chi connectivity index (χ2v) is 7.82. The van der Waals surface area contributed by atoms with Crippen LogP contribution in [0.15, 0.2) is 10.9 Å². The van der Waals surface area contributed by atoms with Crippen LogP contribution in [0.5, 0.6) is 0 Å². The van der Waals surface area contributed by atoms with Gasteiger partial charge in [-0.3, -0.25) is 4.90 Å². The van der Waals surface area contributed by atoms with Gasteiger partial charge in [0, 0.05) is 51.2 Å². The van der Waals surface area contributed by atoms with Crippen LogP contribution >= 0.6 is 11.3 Å². The van der Waals surface area contributed by atoms with Crippen molar-refractivity contribution in [2.45, 2.75) is 6.54 Å². The summed E-state index contributed by atoms with van der Waals surface area (Å²) < 4.78 is 33.4. The zero-order valence-corrected chi connectivity index (χ0v) is 13.5. The highest BCUT2D eigenvalue weighted by atomic mass is 32.2. The van der Waals surface area contributed by atoms with Gasteiger partial charge in [0.05, 0.1) is 24.4 Å². The van der Waals surface area contributed by atoms with E-state index in [4.69, 9.17) is 4.74 Å². The number of hydrogen-bond acceptors (Lipinski definition) is 6. The van der Waals surface area contributed by atoms with Gasteiger partial charge < -0.3 is 4.74 Å². The molecule has 7 nitrogen and oxygen atoms in total. The monoisotopic (exact) mass is 332 g/mol. The van der Waals surface area contributed by atoms with Crippen molar-refractivity contribution in [1.82, 2.24) is 18.5 Å². The molecule has 0 bridgehead atoms. The average Bonchev–Trinajstić information content (AvgIpc) is 3.02. The molecule has 0 N–H and O–H groups in total. The van der Waals surface area contributed by atoms with Gasteiger partial charge in [-0.2, -0.15) is 17.0 Å². The van der Waals surface area contributed by atoms with Crippen molar-refractivity contribution in [1.29, 1.82) is 0 Å². The lowest BCUT2D eigenvalue weighted by molar-refractivity contribution is 0.0683. The van der Waals surface area contributed by atoms with Gasteiger partial charge in [0.25, 0.3) is 10.2 Å². The maximum atomic E-state index is 12.5. The lowest BCUT2D eigenvalue weighted by atomic mass is 10.3. The molecule has 2 fully saturated rings. The molecule has 0 spiro atoms. The predicted molar refractivity (Wildman–Crippen MR) is 80.3 cm³/mol. The van der Waals surface area contributed by atoms with Crippen molar-refractivity contribution in [2.24, 2.45) is 0 Å². The summed E-state index contributed by atoms with van der Waals surface area (Å²) in [4.78, 5) is 6.52. The number of aromatic nitrogens is 1. The van der Waals surface area contributed by atoms with E-state index in [2.05, 4.69) is 9.88 Å². The summed E-state index contributed by atoms with van der Waals surface area (Å²) in [5.41, 5.74) is 2.89. The van der Waals surface area contributed by atoms with Gasteiger partial charge in [-0.05, 0) is 0 Å². The van der Waals surface area contributed by atoms with E-state index in [1.807, 2.05) is 10.9 Å². The van der Waals surface area contributed by atoms with E-state index < -0.39 is 10.2 Å². The van der Waals surface area contributed by atoms with Crippen molar-refractivity contribution in [3.8, 4) is 0 Å². The van der Waals surface area contributed by atoms with E-state index >= 15 is 0 Å². The molecular formula is C12H20N4O3S2. The highest BCUT2D eigenvalue weighted by Crippen LogP contribution is 2.15. The van der Waals surface area contributed by atoms with E-state index in [0.29, 0.717) is 39.4 Å². The maximum absolute atomic E-state index is 12.5. The standard InChI is InChI=1S/C12H20N4O3S2/c17-21(18,16-5-7-19-8-6-16)15-3-1-14(2-4-15)9-12-10-20-11-13-12/h10-11H,1-9H2. The Kier molecular flexibility index (Phi) is 4.87. The Morgan fingerprint density at radius 3 is 2.38 bits per heavy atom. The number of rotatable bonds is 4. The zero-order valence-electron chi connectivity index (χ0n) is 11.8. The average molecular weight is 332 g/mol. The van der Waals surface area contributed by atoms with Crippen LogP contribution in [-0.2, 0) is 21.5 Å². The Labute approximate surface area is 129 Å². The largest absolute Gasteiger partial charge is 0.379 e. The van der Waals surface area contributed by atoms with Gasteiger partial charge in [-0.1, -0.05) is 0 Å². The number of thiazole rings is 1. The Balaban J connectivity index is 1.55. The van der Waals surface area contributed by atoms with Gasteiger partial charge in [-0.15, -0.1) is 11.3 Å². The molecule has 1 aromatic heterocycles. The number of ether oxygens (including phenoxy) is 1. The van der Waals surface area contributed by atoms with Crippen LogP contribution in [0.4, 0.5) is 0 Å². The normalized spacial score (nSPS) is 23.4. The first-order chi connectivity index (χ1) is 10.2. The van der Waals surface area contributed by atoms with Crippen LogP contribution in [-0.4, -0.2) is 79.4 Å². The molecule has 0 radical (unpaired) electrons. The van der Waals surface area contributed by atoms with Crippen LogP contribution < -0.4 is 0 Å². The number of morpholine rings is 1. The third-order valence-electron chi connectivity index (χ3n) is 3.82. The summed E-state index contributed by atoms with van der Waals surface area (Å²) >= 11 is 1.59. The van der Waals surface area contributed by atoms with E-state index in [1.54, 1.807) is 15.6 Å². The smallest absolute Gasteiger partial charge is 0.282 e. The van der Waals surface area contributed by atoms with Gasteiger partial charge in [0.15, 0.2) is 0 Å². The third kappa shape index (κ3) is 3.61. The van der Waals surface area contributed by atoms with Crippen LogP contribution in [0.1, 0.15) is 5.69 Å². The SMILES string of the molecule is O=S(=O)(N1CCOCC1)N1CCN(Cc2cscn2)CC1. The Morgan fingerprint density at radius 2 is 1.76 bits per heavy atom. The molecule has 0 saturated carbocycles. The quantitative estimate of drug-likeness (QED) is 0.766. The molecule has 3 rings (SSSR count). The molecule has 1 aromatic rings. The summed E-state index contributed by atoms with van der Waals surface area (Å²) in [6.45, 7) is 5.29. The van der Waals surface area contributed by atoms with Crippen molar-refractivity contribution < 1.29 is 13.2 Å². The Morgan fingerprint density at radius 1 is 1.10 bits per heavy atom. The molecule has 3 heterocycles. The highest BCUT2D eigenvalue weighted by Gasteiger charge is 2.33. The minimum Gasteiger partial charge on any atom is -0.379 e. The van der Waals surface area contributed by atoms with E-state index in [1.165, 1.54) is 4.31 Å². The van der Waals surface area contributed by atoms with E-state index in [9.17, 15) is 8.42 Å². The molecule has 0 amide bonds. The molecule has 2 aliphatic rings. The first-order valence-electron chi connectivity index (χ1n) is 7.08. The van der Waals surface area contributed by atoms with E-state index in [0.717, 1.165) is 25.3 Å². The topological polar surface area (TPSA) is 66.0 Å². The molecule has 0 aliphatic carbocycles.